The fourth-order valence-electron chi connectivity index (χ4n) is 3.36. The van der Waals surface area contributed by atoms with Gasteiger partial charge in [0.15, 0.2) is 0 Å². The van der Waals surface area contributed by atoms with Gasteiger partial charge in [-0.3, -0.25) is 9.55 Å². The van der Waals surface area contributed by atoms with Crippen LogP contribution in [0, 0.1) is 6.92 Å². The molecule has 2 N–H and O–H groups in total. The van der Waals surface area contributed by atoms with Gasteiger partial charge in [-0.25, -0.2) is 9.97 Å². The van der Waals surface area contributed by atoms with Crippen molar-refractivity contribution < 1.29 is 0 Å². The summed E-state index contributed by atoms with van der Waals surface area (Å²) in [6.07, 6.45) is 10.6. The fraction of sp³-hybridized carbons (Fsp3) is 0.0952. The van der Waals surface area contributed by atoms with E-state index in [0.717, 1.165) is 44.9 Å². The van der Waals surface area contributed by atoms with Gasteiger partial charge in [-0.2, -0.15) is 0 Å². The van der Waals surface area contributed by atoms with Crippen molar-refractivity contribution in [2.75, 3.05) is 5.32 Å². The highest BCUT2D eigenvalue weighted by Crippen LogP contribution is 2.31. The molecule has 29 heavy (non-hydrogen) atoms. The first-order valence-corrected chi connectivity index (χ1v) is 9.21. The van der Waals surface area contributed by atoms with Crippen LogP contribution in [0.4, 0.5) is 5.82 Å². The van der Waals surface area contributed by atoms with Gasteiger partial charge in [-0.05, 0) is 53.9 Å². The third-order valence-corrected chi connectivity index (χ3v) is 4.78. The van der Waals surface area contributed by atoms with E-state index in [1.807, 2.05) is 37.5 Å². The van der Waals surface area contributed by atoms with Crippen molar-refractivity contribution in [2.24, 2.45) is 0 Å². The maximum Gasteiger partial charge on any atom is 0.142 e. The second-order valence-corrected chi connectivity index (χ2v) is 6.74. The summed E-state index contributed by atoms with van der Waals surface area (Å²) in [6, 6.07) is 10.2. The van der Waals surface area contributed by atoms with Gasteiger partial charge in [0.2, 0.25) is 0 Å². The van der Waals surface area contributed by atoms with Crippen molar-refractivity contribution in [3.05, 3.63) is 78.9 Å². The van der Waals surface area contributed by atoms with Crippen LogP contribution in [0.15, 0.2) is 67.8 Å². The Morgan fingerprint density at radius 1 is 1.07 bits per heavy atom. The zero-order chi connectivity index (χ0) is 19.6. The second kappa shape index (κ2) is 7.16. The van der Waals surface area contributed by atoms with Gasteiger partial charge in [-0.15, -0.1) is 10.2 Å². The Labute approximate surface area is 166 Å². The summed E-state index contributed by atoms with van der Waals surface area (Å²) < 4.78 is 1.80. The highest BCUT2D eigenvalue weighted by atomic mass is 15.2. The van der Waals surface area contributed by atoms with E-state index < -0.39 is 0 Å². The third-order valence-electron chi connectivity index (χ3n) is 4.78. The molecule has 142 valence electrons. The minimum atomic E-state index is 0.672. The van der Waals surface area contributed by atoms with Crippen LogP contribution in [0.5, 0.6) is 0 Å². The molecule has 0 fully saturated rings. The molecule has 0 spiro atoms. The van der Waals surface area contributed by atoms with E-state index in [4.69, 9.17) is 4.98 Å². The molecule has 0 amide bonds. The van der Waals surface area contributed by atoms with Crippen LogP contribution in [-0.2, 0) is 6.54 Å². The molecule has 0 saturated carbocycles. The number of pyridine rings is 3. The minimum absolute atomic E-state index is 0.672. The standard InChI is InChI=1S/C21H18N8/c1-14-8-16(11-25-21(14)29-12-26-27-13-29)18-9-19(28-20-17(18)4-7-23-20)24-10-15-2-5-22-6-3-15/h2-9,11-13H,10H2,1H3,(H2,23,24,28). The topological polar surface area (TPSA) is 97.2 Å². The molecule has 5 aromatic rings. The molecule has 0 aromatic carbocycles. The number of rotatable bonds is 5. The molecule has 5 aromatic heterocycles. The lowest BCUT2D eigenvalue weighted by Gasteiger charge is -2.11. The van der Waals surface area contributed by atoms with Gasteiger partial charge >= 0.3 is 0 Å². The Balaban J connectivity index is 1.52. The first-order chi connectivity index (χ1) is 14.3. The molecule has 5 heterocycles. The van der Waals surface area contributed by atoms with Crippen molar-refractivity contribution in [1.82, 2.24) is 34.7 Å². The Kier molecular flexibility index (Phi) is 4.21. The first kappa shape index (κ1) is 17.1. The second-order valence-electron chi connectivity index (χ2n) is 6.74. The van der Waals surface area contributed by atoms with Gasteiger partial charge in [0.25, 0.3) is 0 Å². The number of fused-ring (bicyclic) bond motifs is 1. The van der Waals surface area contributed by atoms with E-state index in [1.165, 1.54) is 0 Å². The van der Waals surface area contributed by atoms with Crippen LogP contribution in [-0.4, -0.2) is 34.7 Å². The Hall–Kier alpha value is -4.07. The van der Waals surface area contributed by atoms with Gasteiger partial charge in [0, 0.05) is 42.3 Å². The van der Waals surface area contributed by atoms with Crippen LogP contribution in [0.25, 0.3) is 28.0 Å². The molecule has 0 aliphatic heterocycles. The Bertz CT molecular complexity index is 1260. The maximum absolute atomic E-state index is 4.69. The number of aromatic nitrogens is 7. The van der Waals surface area contributed by atoms with Gasteiger partial charge in [0.05, 0.1) is 0 Å². The highest BCUT2D eigenvalue weighted by Gasteiger charge is 2.12. The van der Waals surface area contributed by atoms with E-state index in [2.05, 4.69) is 42.6 Å². The SMILES string of the molecule is Cc1cc(-c2cc(NCc3ccncc3)nc3[nH]ccc23)cnc1-n1cnnc1. The van der Waals surface area contributed by atoms with Gasteiger partial charge in [0.1, 0.15) is 29.9 Å². The average Bonchev–Trinajstić information content (AvgIpc) is 3.44. The molecule has 0 radical (unpaired) electrons. The van der Waals surface area contributed by atoms with Gasteiger partial charge in [-0.1, -0.05) is 0 Å². The molecule has 0 atom stereocenters. The number of hydrogen-bond acceptors (Lipinski definition) is 6. The summed E-state index contributed by atoms with van der Waals surface area (Å²) in [4.78, 5) is 16.6. The average molecular weight is 382 g/mol. The third kappa shape index (κ3) is 3.31. The molecule has 0 aliphatic rings. The number of nitrogens with one attached hydrogen (secondary N) is 2. The van der Waals surface area contributed by atoms with Crippen molar-refractivity contribution in [3.63, 3.8) is 0 Å². The molecule has 0 aliphatic carbocycles. The molecule has 8 nitrogen and oxygen atoms in total. The molecule has 8 heteroatoms. The molecule has 0 unspecified atom stereocenters. The summed E-state index contributed by atoms with van der Waals surface area (Å²) in [5.74, 6) is 1.61. The summed E-state index contributed by atoms with van der Waals surface area (Å²) >= 11 is 0. The van der Waals surface area contributed by atoms with E-state index in [1.54, 1.807) is 29.6 Å². The Morgan fingerprint density at radius 3 is 2.69 bits per heavy atom. The number of aryl methyl sites for hydroxylation is 1. The zero-order valence-corrected chi connectivity index (χ0v) is 15.7. The minimum Gasteiger partial charge on any atom is -0.366 e. The number of nitrogens with zero attached hydrogens (tertiary/aromatic N) is 6. The van der Waals surface area contributed by atoms with Crippen LogP contribution in [0.2, 0.25) is 0 Å². The normalized spacial score (nSPS) is 11.1. The number of hydrogen-bond donors (Lipinski definition) is 2. The van der Waals surface area contributed by atoms with Crippen molar-refractivity contribution in [2.45, 2.75) is 13.5 Å². The molecule has 0 saturated heterocycles. The fourth-order valence-corrected chi connectivity index (χ4v) is 3.36. The van der Waals surface area contributed by atoms with Gasteiger partial charge < -0.3 is 10.3 Å². The van der Waals surface area contributed by atoms with Crippen LogP contribution >= 0.6 is 0 Å². The summed E-state index contributed by atoms with van der Waals surface area (Å²) in [6.45, 7) is 2.70. The van der Waals surface area contributed by atoms with E-state index in [-0.39, 0.29) is 0 Å². The number of H-pyrrole nitrogens is 1. The zero-order valence-electron chi connectivity index (χ0n) is 15.7. The highest BCUT2D eigenvalue weighted by molar-refractivity contribution is 5.94. The molecule has 0 bridgehead atoms. The predicted octanol–water partition coefficient (Wildman–Crippen LogP) is 3.52. The number of anilines is 1. The van der Waals surface area contributed by atoms with E-state index >= 15 is 0 Å². The first-order valence-electron chi connectivity index (χ1n) is 9.21. The molecule has 5 rings (SSSR count). The van der Waals surface area contributed by atoms with Crippen LogP contribution < -0.4 is 5.32 Å². The smallest absolute Gasteiger partial charge is 0.142 e. The lowest BCUT2D eigenvalue weighted by atomic mass is 10.0. The maximum atomic E-state index is 4.69. The molecular formula is C21H18N8. The summed E-state index contributed by atoms with van der Waals surface area (Å²) in [7, 11) is 0. The van der Waals surface area contributed by atoms with Crippen molar-refractivity contribution >= 4 is 16.9 Å². The predicted molar refractivity (Wildman–Crippen MR) is 111 cm³/mol. The molecular weight excluding hydrogens is 364 g/mol. The summed E-state index contributed by atoms with van der Waals surface area (Å²) in [5, 5.41) is 12.2. The van der Waals surface area contributed by atoms with E-state index in [9.17, 15) is 0 Å². The Morgan fingerprint density at radius 2 is 1.90 bits per heavy atom. The van der Waals surface area contributed by atoms with Crippen molar-refractivity contribution in [1.29, 1.82) is 0 Å². The van der Waals surface area contributed by atoms with Crippen LogP contribution in [0.3, 0.4) is 0 Å². The largest absolute Gasteiger partial charge is 0.366 e. The van der Waals surface area contributed by atoms with Crippen LogP contribution in [0.1, 0.15) is 11.1 Å². The van der Waals surface area contributed by atoms with Crippen molar-refractivity contribution in [3.8, 4) is 16.9 Å². The lowest BCUT2D eigenvalue weighted by Crippen LogP contribution is -2.02. The summed E-state index contributed by atoms with van der Waals surface area (Å²) in [5.41, 5.74) is 5.11. The lowest BCUT2D eigenvalue weighted by molar-refractivity contribution is 0.974. The number of aromatic amines is 1. The quantitative estimate of drug-likeness (QED) is 0.483. The van der Waals surface area contributed by atoms with E-state index in [0.29, 0.717) is 6.54 Å². The monoisotopic (exact) mass is 382 g/mol.